The van der Waals surface area contributed by atoms with Crippen molar-refractivity contribution in [3.63, 3.8) is 0 Å². The smallest absolute Gasteiger partial charge is 0.144 e. The summed E-state index contributed by atoms with van der Waals surface area (Å²) in [7, 11) is 0. The fourth-order valence-corrected chi connectivity index (χ4v) is 3.16. The first-order chi connectivity index (χ1) is 13.5. The Balaban J connectivity index is 3.53. The van der Waals surface area contributed by atoms with Crippen molar-refractivity contribution in [2.24, 2.45) is 5.92 Å². The van der Waals surface area contributed by atoms with Crippen LogP contribution in [0, 0.1) is 29.6 Å². The van der Waals surface area contributed by atoms with Crippen molar-refractivity contribution >= 4 is 0 Å². The van der Waals surface area contributed by atoms with Gasteiger partial charge in [-0.05, 0) is 24.2 Å². The molecule has 0 saturated carbocycles. The molecular weight excluding hydrogens is 352 g/mol. The summed E-state index contributed by atoms with van der Waals surface area (Å²) in [5.74, 6) is 10.2. The molecule has 0 aliphatic carbocycles. The predicted molar refractivity (Wildman–Crippen MR) is 116 cm³/mol. The second-order valence-corrected chi connectivity index (χ2v) is 8.09. The molecule has 0 heterocycles. The van der Waals surface area contributed by atoms with E-state index in [1.807, 2.05) is 0 Å². The number of hydrogen-bond acceptors (Lipinski definition) is 4. The van der Waals surface area contributed by atoms with Crippen molar-refractivity contribution in [1.29, 1.82) is 0 Å². The molecule has 0 rings (SSSR count). The van der Waals surface area contributed by atoms with Crippen LogP contribution < -0.4 is 0 Å². The van der Waals surface area contributed by atoms with Crippen molar-refractivity contribution in [2.75, 3.05) is 6.61 Å². The molecule has 0 spiro atoms. The quantitative estimate of drug-likeness (QED) is 0.237. The average Bonchev–Trinajstić information content (AvgIpc) is 2.67. The number of hydrogen-bond donors (Lipinski definition) is 4. The molecule has 0 aromatic rings. The van der Waals surface area contributed by atoms with E-state index < -0.39 is 18.3 Å². The molecule has 0 bridgehead atoms. The maximum Gasteiger partial charge on any atom is 0.144 e. The Labute approximate surface area is 172 Å². The second kappa shape index (κ2) is 19.3. The highest BCUT2D eigenvalue weighted by Gasteiger charge is 2.22. The molecule has 4 heteroatoms. The van der Waals surface area contributed by atoms with E-state index in [1.54, 1.807) is 0 Å². The van der Waals surface area contributed by atoms with Crippen LogP contribution in [-0.4, -0.2) is 45.3 Å². The molecule has 0 amide bonds. The minimum absolute atomic E-state index is 0.297. The van der Waals surface area contributed by atoms with Crippen LogP contribution in [0.3, 0.4) is 0 Å². The van der Waals surface area contributed by atoms with Gasteiger partial charge in [-0.15, -0.1) is 0 Å². The SMILES string of the molecule is CC(C)CCCCCCCCCCCCC[C@H](O)[C@@H](O)[C@H](O)C#CC#CCO. The lowest BCUT2D eigenvalue weighted by atomic mass is 10.0. The van der Waals surface area contributed by atoms with Gasteiger partial charge in [-0.3, -0.25) is 0 Å². The standard InChI is InChI=1S/C24H42O4/c1-21(2)17-13-10-8-6-4-3-5-7-9-11-14-18-22(26)24(28)23(27)19-15-12-16-20-25/h21-28H,3-11,13-14,17-18,20H2,1-2H3/t22-,23+,24+/m0/s1. The maximum absolute atomic E-state index is 9.93. The fourth-order valence-electron chi connectivity index (χ4n) is 3.16. The van der Waals surface area contributed by atoms with Crippen LogP contribution in [0.15, 0.2) is 0 Å². The van der Waals surface area contributed by atoms with Crippen molar-refractivity contribution in [3.8, 4) is 23.7 Å². The molecule has 4 nitrogen and oxygen atoms in total. The van der Waals surface area contributed by atoms with Gasteiger partial charge in [-0.1, -0.05) is 103 Å². The number of aliphatic hydroxyl groups excluding tert-OH is 4. The molecule has 3 atom stereocenters. The van der Waals surface area contributed by atoms with Gasteiger partial charge in [0.25, 0.3) is 0 Å². The van der Waals surface area contributed by atoms with Crippen LogP contribution in [0.2, 0.25) is 0 Å². The Hall–Kier alpha value is -1.04. The molecule has 0 fully saturated rings. The van der Waals surface area contributed by atoms with Gasteiger partial charge in [0.15, 0.2) is 0 Å². The van der Waals surface area contributed by atoms with Crippen molar-refractivity contribution in [3.05, 3.63) is 0 Å². The van der Waals surface area contributed by atoms with E-state index >= 15 is 0 Å². The second-order valence-electron chi connectivity index (χ2n) is 8.09. The predicted octanol–water partition coefficient (Wildman–Crippen LogP) is 3.80. The first-order valence-electron chi connectivity index (χ1n) is 11.1. The highest BCUT2D eigenvalue weighted by molar-refractivity contribution is 5.27. The Bertz CT molecular complexity index is 466. The van der Waals surface area contributed by atoms with Crippen molar-refractivity contribution in [2.45, 2.75) is 116 Å². The number of rotatable bonds is 16. The molecule has 0 unspecified atom stereocenters. The van der Waals surface area contributed by atoms with E-state index in [-0.39, 0.29) is 6.61 Å². The van der Waals surface area contributed by atoms with Gasteiger partial charge < -0.3 is 20.4 Å². The highest BCUT2D eigenvalue weighted by Crippen LogP contribution is 2.15. The normalized spacial score (nSPS) is 14.0. The molecule has 0 radical (unpaired) electrons. The largest absolute Gasteiger partial charge is 0.390 e. The van der Waals surface area contributed by atoms with Crippen LogP contribution in [0.4, 0.5) is 0 Å². The summed E-state index contributed by atoms with van der Waals surface area (Å²) in [5, 5.41) is 38.0. The Kier molecular flexibility index (Phi) is 18.6. The third-order valence-electron chi connectivity index (χ3n) is 4.95. The summed E-state index contributed by atoms with van der Waals surface area (Å²) in [4.78, 5) is 0. The topological polar surface area (TPSA) is 80.9 Å². The van der Waals surface area contributed by atoms with E-state index in [0.717, 1.165) is 25.2 Å². The minimum Gasteiger partial charge on any atom is -0.390 e. The average molecular weight is 395 g/mol. The van der Waals surface area contributed by atoms with Gasteiger partial charge in [0.1, 0.15) is 18.8 Å². The first-order valence-corrected chi connectivity index (χ1v) is 11.1. The first kappa shape index (κ1) is 27.0. The fraction of sp³-hybridized carbons (Fsp3) is 0.833. The van der Waals surface area contributed by atoms with Gasteiger partial charge >= 0.3 is 0 Å². The molecule has 0 aromatic heterocycles. The van der Waals surface area contributed by atoms with Crippen molar-refractivity contribution in [1.82, 2.24) is 0 Å². The Morgan fingerprint density at radius 1 is 0.643 bits per heavy atom. The summed E-state index contributed by atoms with van der Waals surface area (Å²) < 4.78 is 0. The van der Waals surface area contributed by atoms with Crippen LogP contribution >= 0.6 is 0 Å². The summed E-state index contributed by atoms with van der Waals surface area (Å²) in [5.41, 5.74) is 0. The number of unbranched alkanes of at least 4 members (excludes halogenated alkanes) is 10. The summed E-state index contributed by atoms with van der Waals surface area (Å²) >= 11 is 0. The molecular formula is C24H42O4. The molecule has 0 aromatic carbocycles. The monoisotopic (exact) mass is 394 g/mol. The van der Waals surface area contributed by atoms with E-state index in [2.05, 4.69) is 37.5 Å². The van der Waals surface area contributed by atoms with Gasteiger partial charge in [-0.25, -0.2) is 0 Å². The lowest BCUT2D eigenvalue weighted by molar-refractivity contribution is -0.0415. The Morgan fingerprint density at radius 3 is 1.57 bits per heavy atom. The van der Waals surface area contributed by atoms with Crippen LogP contribution in [-0.2, 0) is 0 Å². The van der Waals surface area contributed by atoms with Crippen LogP contribution in [0.1, 0.15) is 97.3 Å². The van der Waals surface area contributed by atoms with E-state index in [1.165, 1.54) is 57.8 Å². The van der Waals surface area contributed by atoms with Crippen LogP contribution in [0.5, 0.6) is 0 Å². The molecule has 162 valence electrons. The third-order valence-corrected chi connectivity index (χ3v) is 4.95. The van der Waals surface area contributed by atoms with Gasteiger partial charge in [0.2, 0.25) is 0 Å². The lowest BCUT2D eigenvalue weighted by Crippen LogP contribution is -2.36. The minimum atomic E-state index is -1.33. The maximum atomic E-state index is 9.93. The summed E-state index contributed by atoms with van der Waals surface area (Å²) in [6.45, 7) is 4.28. The van der Waals surface area contributed by atoms with Gasteiger partial charge in [0, 0.05) is 0 Å². The van der Waals surface area contributed by atoms with Crippen LogP contribution in [0.25, 0.3) is 0 Å². The van der Waals surface area contributed by atoms with E-state index in [9.17, 15) is 15.3 Å². The van der Waals surface area contributed by atoms with Crippen molar-refractivity contribution < 1.29 is 20.4 Å². The molecule has 0 saturated heterocycles. The zero-order valence-corrected chi connectivity index (χ0v) is 18.0. The van der Waals surface area contributed by atoms with Gasteiger partial charge in [-0.2, -0.15) is 0 Å². The lowest BCUT2D eigenvalue weighted by Gasteiger charge is -2.19. The van der Waals surface area contributed by atoms with E-state index in [4.69, 9.17) is 5.11 Å². The number of aliphatic hydroxyl groups is 4. The zero-order valence-electron chi connectivity index (χ0n) is 18.0. The highest BCUT2D eigenvalue weighted by atomic mass is 16.4. The summed E-state index contributed by atoms with van der Waals surface area (Å²) in [6, 6.07) is 0. The molecule has 0 aliphatic rings. The molecule has 0 aliphatic heterocycles. The molecule has 4 N–H and O–H groups in total. The summed E-state index contributed by atoms with van der Waals surface area (Å²) in [6.07, 6.45) is 11.9. The Morgan fingerprint density at radius 2 is 1.11 bits per heavy atom. The molecule has 28 heavy (non-hydrogen) atoms. The van der Waals surface area contributed by atoms with E-state index in [0.29, 0.717) is 6.42 Å². The third kappa shape index (κ3) is 17.1. The zero-order chi connectivity index (χ0) is 21.0. The van der Waals surface area contributed by atoms with Gasteiger partial charge in [0.05, 0.1) is 6.10 Å².